The molecule has 0 aromatic heterocycles. The molecule has 3 aromatic carbocycles. The molecule has 1 heterocycles. The number of aromatic hydroxyl groups is 1. The van der Waals surface area contributed by atoms with Crippen molar-refractivity contribution in [1.82, 2.24) is 0 Å². The van der Waals surface area contributed by atoms with E-state index in [0.29, 0.717) is 10.6 Å². The van der Waals surface area contributed by atoms with Gasteiger partial charge in [-0.3, -0.25) is 14.5 Å². The van der Waals surface area contributed by atoms with Crippen molar-refractivity contribution in [2.45, 2.75) is 26.0 Å². The summed E-state index contributed by atoms with van der Waals surface area (Å²) < 4.78 is 10.5. The SMILES string of the molecule is COc1cc(/C(O)=C2\C(=O)C(=O)N(c3cccc(C(=O)OC(C)C)c3)C2c2ccc(O)cc2)ccc1Cl. The summed E-state index contributed by atoms with van der Waals surface area (Å²) in [4.78, 5) is 40.4. The summed E-state index contributed by atoms with van der Waals surface area (Å²) in [6, 6.07) is 15.5. The topological polar surface area (TPSA) is 113 Å². The van der Waals surface area contributed by atoms with E-state index in [1.54, 1.807) is 44.2 Å². The monoisotopic (exact) mass is 521 g/mol. The first kappa shape index (κ1) is 25.8. The van der Waals surface area contributed by atoms with E-state index in [-0.39, 0.29) is 40.0 Å². The molecule has 0 bridgehead atoms. The lowest BCUT2D eigenvalue weighted by Crippen LogP contribution is -2.29. The zero-order valence-corrected chi connectivity index (χ0v) is 21.0. The van der Waals surface area contributed by atoms with E-state index in [9.17, 15) is 24.6 Å². The maximum absolute atomic E-state index is 13.4. The van der Waals surface area contributed by atoms with E-state index in [1.165, 1.54) is 48.4 Å². The molecular weight excluding hydrogens is 498 g/mol. The van der Waals surface area contributed by atoms with Gasteiger partial charge in [0.05, 0.1) is 35.4 Å². The molecule has 1 amide bonds. The number of ether oxygens (including phenoxy) is 2. The standard InChI is InChI=1S/C28H24ClNO7/c1-15(2)37-28(35)18-5-4-6-19(13-18)30-24(16-7-10-20(31)11-8-16)23(26(33)27(30)34)25(32)17-9-12-21(29)22(14-17)36-3/h4-15,24,31-32H,1-3H3/b25-23+. The van der Waals surface area contributed by atoms with Gasteiger partial charge in [0.25, 0.3) is 11.7 Å². The first-order chi connectivity index (χ1) is 17.6. The number of halogens is 1. The Hall–Kier alpha value is -4.30. The fourth-order valence-electron chi connectivity index (χ4n) is 4.10. The number of phenols is 1. The number of benzene rings is 3. The number of esters is 1. The summed E-state index contributed by atoms with van der Waals surface area (Å²) in [6.07, 6.45) is -0.348. The average molecular weight is 522 g/mol. The highest BCUT2D eigenvalue weighted by Gasteiger charge is 2.47. The molecule has 1 saturated heterocycles. The Bertz CT molecular complexity index is 1410. The maximum atomic E-state index is 13.4. The van der Waals surface area contributed by atoms with E-state index < -0.39 is 29.5 Å². The number of aliphatic hydroxyl groups excluding tert-OH is 1. The molecule has 0 saturated carbocycles. The minimum absolute atomic E-state index is 0.0124. The summed E-state index contributed by atoms with van der Waals surface area (Å²) in [7, 11) is 1.41. The Kier molecular flexibility index (Phi) is 7.22. The van der Waals surface area contributed by atoms with Crippen molar-refractivity contribution in [2.75, 3.05) is 12.0 Å². The van der Waals surface area contributed by atoms with Crippen LogP contribution in [0, 0.1) is 0 Å². The number of aliphatic hydroxyl groups is 1. The molecule has 3 aromatic rings. The third-order valence-electron chi connectivity index (χ3n) is 5.78. The van der Waals surface area contributed by atoms with Gasteiger partial charge in [0.1, 0.15) is 17.3 Å². The molecule has 2 N–H and O–H groups in total. The van der Waals surface area contributed by atoms with Crippen LogP contribution in [0.2, 0.25) is 5.02 Å². The molecule has 4 rings (SSSR count). The summed E-state index contributed by atoms with van der Waals surface area (Å²) in [5.41, 5.74) is 0.952. The number of ketones is 1. The van der Waals surface area contributed by atoms with Crippen LogP contribution in [-0.4, -0.2) is 41.1 Å². The van der Waals surface area contributed by atoms with Crippen molar-refractivity contribution in [2.24, 2.45) is 0 Å². The van der Waals surface area contributed by atoms with Gasteiger partial charge in [0.2, 0.25) is 0 Å². The molecule has 190 valence electrons. The van der Waals surface area contributed by atoms with Gasteiger partial charge in [-0.1, -0.05) is 29.8 Å². The van der Waals surface area contributed by atoms with Gasteiger partial charge in [-0.2, -0.15) is 0 Å². The van der Waals surface area contributed by atoms with Crippen LogP contribution in [0.25, 0.3) is 5.76 Å². The van der Waals surface area contributed by atoms with Gasteiger partial charge >= 0.3 is 5.97 Å². The molecule has 37 heavy (non-hydrogen) atoms. The Labute approximate surface area is 218 Å². The number of amides is 1. The third kappa shape index (κ3) is 5.01. The Balaban J connectivity index is 1.90. The van der Waals surface area contributed by atoms with Crippen molar-refractivity contribution in [1.29, 1.82) is 0 Å². The van der Waals surface area contributed by atoms with Gasteiger partial charge in [0, 0.05) is 11.3 Å². The lowest BCUT2D eigenvalue weighted by molar-refractivity contribution is -0.132. The summed E-state index contributed by atoms with van der Waals surface area (Å²) in [6.45, 7) is 3.44. The van der Waals surface area contributed by atoms with Gasteiger partial charge < -0.3 is 19.7 Å². The van der Waals surface area contributed by atoms with Crippen LogP contribution >= 0.6 is 11.6 Å². The number of carbonyl (C=O) groups is 3. The predicted octanol–water partition coefficient (Wildman–Crippen LogP) is 5.25. The number of phenolic OH excluding ortho intramolecular Hbond substituents is 1. The van der Waals surface area contributed by atoms with Crippen molar-refractivity contribution < 1.29 is 34.1 Å². The first-order valence-electron chi connectivity index (χ1n) is 11.4. The predicted molar refractivity (Wildman–Crippen MR) is 138 cm³/mol. The van der Waals surface area contributed by atoms with E-state index >= 15 is 0 Å². The molecule has 0 spiro atoms. The third-order valence-corrected chi connectivity index (χ3v) is 6.09. The zero-order chi connectivity index (χ0) is 26.9. The van der Waals surface area contributed by atoms with Crippen LogP contribution < -0.4 is 9.64 Å². The number of anilines is 1. The Morgan fingerprint density at radius 3 is 2.35 bits per heavy atom. The van der Waals surface area contributed by atoms with E-state index in [0.717, 1.165) is 0 Å². The number of rotatable bonds is 6. The minimum Gasteiger partial charge on any atom is -0.508 e. The van der Waals surface area contributed by atoms with Gasteiger partial charge in [-0.15, -0.1) is 0 Å². The summed E-state index contributed by atoms with van der Waals surface area (Å²) >= 11 is 6.11. The molecule has 8 nitrogen and oxygen atoms in total. The highest BCUT2D eigenvalue weighted by molar-refractivity contribution is 6.51. The molecule has 0 radical (unpaired) electrons. The second-order valence-electron chi connectivity index (χ2n) is 8.61. The van der Waals surface area contributed by atoms with Crippen LogP contribution in [0.1, 0.15) is 41.4 Å². The molecule has 1 atom stereocenters. The minimum atomic E-state index is -1.06. The number of methoxy groups -OCH3 is 1. The van der Waals surface area contributed by atoms with Gasteiger partial charge in [-0.05, 0) is 67.9 Å². The maximum Gasteiger partial charge on any atom is 0.338 e. The molecule has 0 aliphatic carbocycles. The second-order valence-corrected chi connectivity index (χ2v) is 9.02. The van der Waals surface area contributed by atoms with Crippen LogP contribution in [0.15, 0.2) is 72.3 Å². The van der Waals surface area contributed by atoms with E-state index in [4.69, 9.17) is 21.1 Å². The number of Topliss-reactive ketones (excluding diaryl/α,β-unsaturated/α-hetero) is 1. The van der Waals surface area contributed by atoms with Crippen LogP contribution in [-0.2, 0) is 14.3 Å². The highest BCUT2D eigenvalue weighted by Crippen LogP contribution is 2.43. The van der Waals surface area contributed by atoms with Crippen molar-refractivity contribution in [3.8, 4) is 11.5 Å². The van der Waals surface area contributed by atoms with Crippen LogP contribution in [0.5, 0.6) is 11.5 Å². The van der Waals surface area contributed by atoms with E-state index in [1.807, 2.05) is 0 Å². The fraction of sp³-hybridized carbons (Fsp3) is 0.179. The fourth-order valence-corrected chi connectivity index (χ4v) is 4.29. The van der Waals surface area contributed by atoms with Crippen molar-refractivity contribution in [3.05, 3.63) is 94.0 Å². The normalized spacial score (nSPS) is 16.8. The number of nitrogens with zero attached hydrogens (tertiary/aromatic N) is 1. The molecule has 1 aliphatic heterocycles. The van der Waals surface area contributed by atoms with Crippen molar-refractivity contribution in [3.63, 3.8) is 0 Å². The Morgan fingerprint density at radius 2 is 1.70 bits per heavy atom. The second kappa shape index (κ2) is 10.4. The molecule has 1 fully saturated rings. The van der Waals surface area contributed by atoms with Gasteiger partial charge in [0.15, 0.2) is 0 Å². The smallest absolute Gasteiger partial charge is 0.338 e. The lowest BCUT2D eigenvalue weighted by Gasteiger charge is -2.26. The summed E-state index contributed by atoms with van der Waals surface area (Å²) in [5.74, 6) is -2.55. The Morgan fingerprint density at radius 1 is 1.00 bits per heavy atom. The molecule has 1 aliphatic rings. The highest BCUT2D eigenvalue weighted by atomic mass is 35.5. The average Bonchev–Trinajstić information content (AvgIpc) is 3.14. The van der Waals surface area contributed by atoms with Gasteiger partial charge in [-0.25, -0.2) is 4.79 Å². The largest absolute Gasteiger partial charge is 0.508 e. The number of hydrogen-bond acceptors (Lipinski definition) is 7. The van der Waals surface area contributed by atoms with Crippen LogP contribution in [0.3, 0.4) is 0 Å². The first-order valence-corrected chi connectivity index (χ1v) is 11.7. The van der Waals surface area contributed by atoms with Crippen LogP contribution in [0.4, 0.5) is 5.69 Å². The summed E-state index contributed by atoms with van der Waals surface area (Å²) in [5, 5.41) is 21.4. The zero-order valence-electron chi connectivity index (χ0n) is 20.3. The number of carbonyl (C=O) groups excluding carboxylic acids is 3. The van der Waals surface area contributed by atoms with Crippen molar-refractivity contribution >= 4 is 40.7 Å². The quantitative estimate of drug-likeness (QED) is 0.197. The molecular formula is C28H24ClNO7. The number of hydrogen-bond donors (Lipinski definition) is 2. The molecule has 9 heteroatoms. The molecule has 1 unspecified atom stereocenters. The van der Waals surface area contributed by atoms with E-state index in [2.05, 4.69) is 0 Å². The lowest BCUT2D eigenvalue weighted by atomic mass is 9.95.